The average Bonchev–Trinajstić information content (AvgIpc) is 3.49. The van der Waals surface area contributed by atoms with Crippen molar-refractivity contribution in [1.29, 1.82) is 0 Å². The lowest BCUT2D eigenvalue weighted by molar-refractivity contribution is -0.137. The molecule has 1 saturated carbocycles. The lowest BCUT2D eigenvalue weighted by Gasteiger charge is -2.32. The highest BCUT2D eigenvalue weighted by molar-refractivity contribution is 7.17. The van der Waals surface area contributed by atoms with Crippen molar-refractivity contribution in [2.75, 3.05) is 18.4 Å². The highest BCUT2D eigenvalue weighted by atomic mass is 32.1. The minimum atomic E-state index is -4.93. The summed E-state index contributed by atoms with van der Waals surface area (Å²) in [6.45, 7) is 4.97. The van der Waals surface area contributed by atoms with Gasteiger partial charge in [-0.1, -0.05) is 6.42 Å². The first-order chi connectivity index (χ1) is 18.6. The summed E-state index contributed by atoms with van der Waals surface area (Å²) < 4.78 is 71.7. The molecule has 0 aromatic carbocycles. The minimum absolute atomic E-state index is 0.0857. The molecule has 1 aliphatic heterocycles. The number of nitrogens with one attached hydrogen (secondary N) is 2. The number of aromatic nitrogens is 2. The van der Waals surface area contributed by atoms with E-state index in [-0.39, 0.29) is 46.8 Å². The van der Waals surface area contributed by atoms with Crippen molar-refractivity contribution >= 4 is 29.0 Å². The van der Waals surface area contributed by atoms with Gasteiger partial charge in [-0.2, -0.15) is 13.2 Å². The zero-order valence-electron chi connectivity index (χ0n) is 22.4. The zero-order valence-corrected chi connectivity index (χ0v) is 23.2. The number of thiazole rings is 1. The number of rotatable bonds is 7. The topological polar surface area (TPSA) is 107 Å². The largest absolute Gasteiger partial charge is 0.417 e. The molecule has 2 aromatic heterocycles. The summed E-state index contributed by atoms with van der Waals surface area (Å²) in [6.07, 6.45) is -2.07. The van der Waals surface area contributed by atoms with Crippen LogP contribution in [0.5, 0.6) is 0 Å². The molecule has 1 aliphatic carbocycles. The van der Waals surface area contributed by atoms with E-state index in [1.165, 1.54) is 18.7 Å². The van der Waals surface area contributed by atoms with Gasteiger partial charge in [-0.15, -0.1) is 11.3 Å². The first kappa shape index (κ1) is 30.1. The van der Waals surface area contributed by atoms with Crippen molar-refractivity contribution in [3.63, 3.8) is 0 Å². The molecule has 2 amide bonds. The van der Waals surface area contributed by atoms with E-state index < -0.39 is 46.7 Å². The number of hydrogen-bond acceptors (Lipinski definition) is 7. The molecule has 8 nitrogen and oxygen atoms in total. The molecule has 0 spiro atoms. The first-order valence-electron chi connectivity index (χ1n) is 13.1. The van der Waals surface area contributed by atoms with Crippen LogP contribution in [0.15, 0.2) is 12.3 Å². The quantitative estimate of drug-likeness (QED) is 0.377. The number of hydrogen-bond donors (Lipinski definition) is 3. The van der Waals surface area contributed by atoms with E-state index in [1.807, 2.05) is 6.92 Å². The molecule has 3 N–H and O–H groups in total. The Morgan fingerprint density at radius 1 is 1.20 bits per heavy atom. The molecule has 14 heteroatoms. The lowest BCUT2D eigenvalue weighted by Crippen LogP contribution is -2.42. The molecule has 4 rings (SSSR count). The number of likely N-dealkylation sites (tertiary alicyclic amines) is 1. The first-order valence-corrected chi connectivity index (χ1v) is 13.9. The molecule has 2 fully saturated rings. The third kappa shape index (κ3) is 6.70. The van der Waals surface area contributed by atoms with Gasteiger partial charge in [0.25, 0.3) is 17.7 Å². The third-order valence-corrected chi connectivity index (χ3v) is 8.15. The third-order valence-electron chi connectivity index (χ3n) is 7.06. The van der Waals surface area contributed by atoms with E-state index in [0.717, 1.165) is 6.20 Å². The van der Waals surface area contributed by atoms with Crippen LogP contribution in [-0.2, 0) is 6.18 Å². The van der Waals surface area contributed by atoms with Gasteiger partial charge in [0.05, 0.1) is 22.1 Å². The van der Waals surface area contributed by atoms with Gasteiger partial charge < -0.3 is 20.6 Å². The molecule has 2 aromatic rings. The van der Waals surface area contributed by atoms with Crippen LogP contribution in [0.4, 0.5) is 27.8 Å². The fourth-order valence-corrected chi connectivity index (χ4v) is 5.89. The van der Waals surface area contributed by atoms with E-state index in [2.05, 4.69) is 20.6 Å². The Kier molecular flexibility index (Phi) is 8.42. The maximum atomic E-state index is 14.4. The van der Waals surface area contributed by atoms with Crippen molar-refractivity contribution in [2.45, 2.75) is 89.1 Å². The molecule has 0 bridgehead atoms. The number of aliphatic hydroxyl groups is 1. The normalized spacial score (nSPS) is 21.4. The summed E-state index contributed by atoms with van der Waals surface area (Å²) in [5.74, 6) is -4.83. The summed E-state index contributed by atoms with van der Waals surface area (Å²) in [4.78, 5) is 35.7. The zero-order chi connectivity index (χ0) is 29.5. The second-order valence-electron chi connectivity index (χ2n) is 11.0. The number of amides is 2. The van der Waals surface area contributed by atoms with Crippen molar-refractivity contribution < 1.29 is 36.6 Å². The van der Waals surface area contributed by atoms with Crippen molar-refractivity contribution in [1.82, 2.24) is 20.2 Å². The van der Waals surface area contributed by atoms with Crippen LogP contribution in [0.1, 0.15) is 85.2 Å². The van der Waals surface area contributed by atoms with Gasteiger partial charge in [0.15, 0.2) is 5.01 Å². The number of carbonyl (C=O) groups is 2. The van der Waals surface area contributed by atoms with Crippen molar-refractivity contribution in [3.05, 3.63) is 28.5 Å². The Balaban J connectivity index is 1.77. The van der Waals surface area contributed by atoms with Crippen LogP contribution in [0.25, 0.3) is 10.4 Å². The standard InChI is InChI=1S/C26H32F5N5O3S/c1-14-7-6-10-36(14)23(38)19-20(40-22(35-19)21(37)33-13-24(2,3)39)15-12-32-18(11-16(15)26(29,30)31)34-17-8-4-5-9-25(17,27)28/h11-12,14,17,39H,4-10,13H2,1-3H3,(H,32,34)(H,33,37). The minimum Gasteiger partial charge on any atom is -0.389 e. The monoisotopic (exact) mass is 589 g/mol. The Morgan fingerprint density at radius 2 is 1.93 bits per heavy atom. The van der Waals surface area contributed by atoms with Crippen LogP contribution in [0.2, 0.25) is 0 Å². The van der Waals surface area contributed by atoms with Crippen LogP contribution >= 0.6 is 11.3 Å². The van der Waals surface area contributed by atoms with Gasteiger partial charge >= 0.3 is 6.18 Å². The van der Waals surface area contributed by atoms with E-state index in [4.69, 9.17) is 0 Å². The predicted octanol–water partition coefficient (Wildman–Crippen LogP) is 5.34. The van der Waals surface area contributed by atoms with Crippen molar-refractivity contribution in [3.8, 4) is 10.4 Å². The molecular weight excluding hydrogens is 557 g/mol. The Hall–Kier alpha value is -2.87. The molecule has 3 heterocycles. The Bertz CT molecular complexity index is 1260. The smallest absolute Gasteiger partial charge is 0.389 e. The fraction of sp³-hybridized carbons (Fsp3) is 0.615. The molecule has 40 heavy (non-hydrogen) atoms. The van der Waals surface area contributed by atoms with Gasteiger partial charge in [-0.05, 0) is 52.5 Å². The second kappa shape index (κ2) is 11.2. The molecule has 0 radical (unpaired) electrons. The summed E-state index contributed by atoms with van der Waals surface area (Å²) in [5.41, 5.74) is -3.26. The van der Waals surface area contributed by atoms with Gasteiger partial charge in [-0.3, -0.25) is 9.59 Å². The van der Waals surface area contributed by atoms with E-state index in [1.54, 1.807) is 0 Å². The van der Waals surface area contributed by atoms with E-state index in [9.17, 15) is 36.6 Å². The second-order valence-corrected chi connectivity index (χ2v) is 12.0. The summed E-state index contributed by atoms with van der Waals surface area (Å²) >= 11 is 0.598. The van der Waals surface area contributed by atoms with Gasteiger partial charge in [0.2, 0.25) is 0 Å². The molecule has 1 saturated heterocycles. The van der Waals surface area contributed by atoms with E-state index in [0.29, 0.717) is 49.6 Å². The predicted molar refractivity (Wildman–Crippen MR) is 140 cm³/mol. The van der Waals surface area contributed by atoms with Crippen molar-refractivity contribution in [2.24, 2.45) is 0 Å². The fourth-order valence-electron chi connectivity index (χ4n) is 4.89. The number of pyridine rings is 1. The number of nitrogens with zero attached hydrogens (tertiary/aromatic N) is 3. The number of halogens is 5. The van der Waals surface area contributed by atoms with Gasteiger partial charge in [0.1, 0.15) is 11.5 Å². The summed E-state index contributed by atoms with van der Waals surface area (Å²) in [6, 6.07) is -0.872. The van der Waals surface area contributed by atoms with Crippen LogP contribution < -0.4 is 10.6 Å². The van der Waals surface area contributed by atoms with E-state index >= 15 is 0 Å². The molecule has 2 aliphatic rings. The van der Waals surface area contributed by atoms with Gasteiger partial charge in [0, 0.05) is 37.3 Å². The summed E-state index contributed by atoms with van der Waals surface area (Å²) in [7, 11) is 0. The average molecular weight is 590 g/mol. The highest BCUT2D eigenvalue weighted by Gasteiger charge is 2.43. The van der Waals surface area contributed by atoms with Gasteiger partial charge in [-0.25, -0.2) is 18.7 Å². The molecule has 220 valence electrons. The Morgan fingerprint density at radius 3 is 2.52 bits per heavy atom. The molecular formula is C26H32F5N5O3S. The SMILES string of the molecule is CC1CCCN1C(=O)c1nc(C(=O)NCC(C)(C)O)sc1-c1cnc(NC2CCCCC2(F)F)cc1C(F)(F)F. The molecule has 2 atom stereocenters. The van der Waals surface area contributed by atoms with Crippen LogP contribution in [0, 0.1) is 0 Å². The Labute approximate surface area is 232 Å². The van der Waals surface area contributed by atoms with Crippen LogP contribution in [-0.4, -0.2) is 68.5 Å². The molecule has 2 unspecified atom stereocenters. The summed E-state index contributed by atoms with van der Waals surface area (Å²) in [5, 5.41) is 14.6. The highest BCUT2D eigenvalue weighted by Crippen LogP contribution is 2.43. The maximum absolute atomic E-state index is 14.4. The number of carbonyl (C=O) groups excluding carboxylic acids is 2. The lowest BCUT2D eigenvalue weighted by atomic mass is 9.91. The number of alkyl halides is 5. The van der Waals surface area contributed by atoms with Crippen LogP contribution in [0.3, 0.4) is 0 Å². The maximum Gasteiger partial charge on any atom is 0.417 e. The number of anilines is 1.